The lowest BCUT2D eigenvalue weighted by atomic mass is 10.1. The van der Waals surface area contributed by atoms with Gasteiger partial charge in [-0.3, -0.25) is 14.4 Å². The minimum Gasteiger partial charge on any atom is -0.494 e. The van der Waals surface area contributed by atoms with Crippen molar-refractivity contribution in [3.05, 3.63) is 131 Å². The van der Waals surface area contributed by atoms with Crippen molar-refractivity contribution >= 4 is 57.7 Å². The summed E-state index contributed by atoms with van der Waals surface area (Å²) in [6.45, 7) is 6.29. The number of rotatable bonds is 12. The molecule has 0 bridgehead atoms. The van der Waals surface area contributed by atoms with Crippen LogP contribution in [-0.2, 0) is 9.59 Å². The molecular formula is C37H34N4O4S2. The highest BCUT2D eigenvalue weighted by atomic mass is 32.2. The van der Waals surface area contributed by atoms with Crippen LogP contribution < -0.4 is 20.7 Å². The maximum Gasteiger partial charge on any atom is 0.272 e. The summed E-state index contributed by atoms with van der Waals surface area (Å²) in [5, 5.41) is 10.6. The molecule has 5 aromatic rings. The number of hydrogen-bond acceptors (Lipinski definition) is 7. The van der Waals surface area contributed by atoms with E-state index in [0.717, 1.165) is 33.0 Å². The van der Waals surface area contributed by atoms with E-state index in [1.165, 1.54) is 23.1 Å². The molecule has 238 valence electrons. The van der Waals surface area contributed by atoms with Crippen LogP contribution in [0.4, 0.5) is 10.8 Å². The minimum absolute atomic E-state index is 0.104. The van der Waals surface area contributed by atoms with Gasteiger partial charge in [0.1, 0.15) is 11.4 Å². The predicted molar refractivity (Wildman–Crippen MR) is 191 cm³/mol. The number of thioether (sulfide) groups is 1. The monoisotopic (exact) mass is 662 g/mol. The van der Waals surface area contributed by atoms with Crippen molar-refractivity contribution in [2.24, 2.45) is 0 Å². The maximum absolute atomic E-state index is 13.5. The second kappa shape index (κ2) is 15.9. The van der Waals surface area contributed by atoms with Crippen LogP contribution in [0.25, 0.3) is 17.3 Å². The Kier molecular flexibility index (Phi) is 11.2. The Morgan fingerprint density at radius 1 is 0.915 bits per heavy atom. The number of ether oxygens (including phenoxy) is 1. The van der Waals surface area contributed by atoms with Gasteiger partial charge in [-0.15, -0.1) is 23.1 Å². The molecule has 0 aliphatic rings. The van der Waals surface area contributed by atoms with E-state index >= 15 is 0 Å². The molecule has 1 unspecified atom stereocenters. The summed E-state index contributed by atoms with van der Waals surface area (Å²) < 4.78 is 5.51. The molecule has 0 aliphatic heterocycles. The van der Waals surface area contributed by atoms with Crippen LogP contribution in [-0.4, -0.2) is 34.6 Å². The number of aryl methyl sites for hydroxylation is 1. The van der Waals surface area contributed by atoms with Crippen molar-refractivity contribution in [2.75, 3.05) is 17.2 Å². The van der Waals surface area contributed by atoms with Gasteiger partial charge in [0.05, 0.1) is 17.6 Å². The number of thiazole rings is 1. The first kappa shape index (κ1) is 33.2. The Morgan fingerprint density at radius 2 is 1.66 bits per heavy atom. The van der Waals surface area contributed by atoms with Crippen LogP contribution in [0.1, 0.15) is 35.3 Å². The lowest BCUT2D eigenvalue weighted by Gasteiger charge is -2.14. The number of amides is 3. The molecule has 0 radical (unpaired) electrons. The summed E-state index contributed by atoms with van der Waals surface area (Å²) in [6, 6.07) is 31.2. The molecule has 4 aromatic carbocycles. The highest BCUT2D eigenvalue weighted by molar-refractivity contribution is 8.00. The van der Waals surface area contributed by atoms with Crippen LogP contribution in [0.15, 0.2) is 119 Å². The molecule has 0 spiro atoms. The fourth-order valence-corrected chi connectivity index (χ4v) is 6.16. The van der Waals surface area contributed by atoms with E-state index in [9.17, 15) is 14.4 Å². The molecule has 0 saturated carbocycles. The molecule has 1 aromatic heterocycles. The van der Waals surface area contributed by atoms with Crippen molar-refractivity contribution in [3.63, 3.8) is 0 Å². The normalized spacial score (nSPS) is 11.8. The molecule has 5 rings (SSSR count). The molecule has 0 saturated heterocycles. The summed E-state index contributed by atoms with van der Waals surface area (Å²) in [5.74, 6) is -0.262. The van der Waals surface area contributed by atoms with Gasteiger partial charge in [-0.05, 0) is 92.6 Å². The van der Waals surface area contributed by atoms with Crippen molar-refractivity contribution in [1.82, 2.24) is 10.3 Å². The minimum atomic E-state index is -0.474. The van der Waals surface area contributed by atoms with E-state index < -0.39 is 17.1 Å². The average molecular weight is 663 g/mol. The number of nitrogens with one attached hydrogen (secondary N) is 3. The van der Waals surface area contributed by atoms with Crippen molar-refractivity contribution in [2.45, 2.75) is 30.9 Å². The number of anilines is 2. The van der Waals surface area contributed by atoms with Gasteiger partial charge in [-0.25, -0.2) is 4.98 Å². The number of nitrogens with zero attached hydrogens (tertiary/aromatic N) is 1. The van der Waals surface area contributed by atoms with Gasteiger partial charge < -0.3 is 20.7 Å². The third kappa shape index (κ3) is 9.18. The standard InChI is InChI=1S/C37H34N4O4S2/c1-4-45-30-19-17-26(18-20-30)33-23-46-37(40-33)41-34(42)25(3)47-31-16-10-15-29(22-31)38-36(44)32(21-28-14-9-8-11-24(28)2)39-35(43)27-12-6-5-7-13-27/h5-23,25H,4H2,1-3H3,(H,38,44)(H,39,43)(H,40,41,42)/b32-21-. The van der Waals surface area contributed by atoms with E-state index in [2.05, 4.69) is 20.9 Å². The summed E-state index contributed by atoms with van der Waals surface area (Å²) in [5.41, 5.74) is 4.54. The Morgan fingerprint density at radius 3 is 2.40 bits per heavy atom. The molecule has 0 aliphatic carbocycles. The first-order valence-corrected chi connectivity index (χ1v) is 16.8. The van der Waals surface area contributed by atoms with Gasteiger partial charge in [-0.1, -0.05) is 48.5 Å². The first-order chi connectivity index (χ1) is 22.8. The fraction of sp³-hybridized carbons (Fsp3) is 0.135. The van der Waals surface area contributed by atoms with Gasteiger partial charge in [0.2, 0.25) is 5.91 Å². The van der Waals surface area contributed by atoms with Crippen LogP contribution >= 0.6 is 23.1 Å². The van der Waals surface area contributed by atoms with Gasteiger partial charge in [0.25, 0.3) is 11.8 Å². The smallest absolute Gasteiger partial charge is 0.272 e. The number of carbonyl (C=O) groups is 3. The zero-order valence-corrected chi connectivity index (χ0v) is 27.8. The predicted octanol–water partition coefficient (Wildman–Crippen LogP) is 8.05. The summed E-state index contributed by atoms with van der Waals surface area (Å²) in [6.07, 6.45) is 1.66. The average Bonchev–Trinajstić information content (AvgIpc) is 3.54. The fourth-order valence-electron chi connectivity index (χ4n) is 4.51. The summed E-state index contributed by atoms with van der Waals surface area (Å²) in [4.78, 5) is 44.9. The number of benzene rings is 4. The molecule has 1 atom stereocenters. The van der Waals surface area contributed by atoms with Crippen molar-refractivity contribution in [1.29, 1.82) is 0 Å². The Bertz CT molecular complexity index is 1890. The zero-order valence-electron chi connectivity index (χ0n) is 26.2. The van der Waals surface area contributed by atoms with E-state index in [-0.39, 0.29) is 11.6 Å². The molecule has 10 heteroatoms. The van der Waals surface area contributed by atoms with Crippen molar-refractivity contribution < 1.29 is 19.1 Å². The quantitative estimate of drug-likeness (QED) is 0.0922. The van der Waals surface area contributed by atoms with Crippen LogP contribution in [0.3, 0.4) is 0 Å². The number of hydrogen-bond donors (Lipinski definition) is 3. The van der Waals surface area contributed by atoms with Gasteiger partial charge in [0, 0.05) is 27.1 Å². The second-order valence-electron chi connectivity index (χ2n) is 10.5. The highest BCUT2D eigenvalue weighted by Gasteiger charge is 2.19. The molecule has 1 heterocycles. The van der Waals surface area contributed by atoms with E-state index in [0.29, 0.717) is 23.0 Å². The Balaban J connectivity index is 1.24. The van der Waals surface area contributed by atoms with E-state index in [1.807, 2.05) is 86.8 Å². The third-order valence-electron chi connectivity index (χ3n) is 6.99. The van der Waals surface area contributed by atoms with Crippen LogP contribution in [0, 0.1) is 6.92 Å². The largest absolute Gasteiger partial charge is 0.494 e. The zero-order chi connectivity index (χ0) is 33.2. The van der Waals surface area contributed by atoms with E-state index in [4.69, 9.17) is 4.74 Å². The Labute approximate surface area is 282 Å². The first-order valence-electron chi connectivity index (χ1n) is 15.0. The maximum atomic E-state index is 13.5. The summed E-state index contributed by atoms with van der Waals surface area (Å²) >= 11 is 2.72. The lowest BCUT2D eigenvalue weighted by Crippen LogP contribution is -2.30. The molecular weight excluding hydrogens is 629 g/mol. The van der Waals surface area contributed by atoms with Gasteiger partial charge in [-0.2, -0.15) is 0 Å². The second-order valence-corrected chi connectivity index (χ2v) is 12.7. The molecule has 47 heavy (non-hydrogen) atoms. The third-order valence-corrected chi connectivity index (χ3v) is 8.84. The molecule has 3 amide bonds. The van der Waals surface area contributed by atoms with Crippen LogP contribution in [0.2, 0.25) is 0 Å². The Hall–Kier alpha value is -5.19. The summed E-state index contributed by atoms with van der Waals surface area (Å²) in [7, 11) is 0. The molecule has 8 nitrogen and oxygen atoms in total. The van der Waals surface area contributed by atoms with Gasteiger partial charge in [0.15, 0.2) is 5.13 Å². The van der Waals surface area contributed by atoms with E-state index in [1.54, 1.807) is 48.5 Å². The topological polar surface area (TPSA) is 109 Å². The molecule has 3 N–H and O–H groups in total. The molecule has 0 fully saturated rings. The van der Waals surface area contributed by atoms with Crippen molar-refractivity contribution in [3.8, 4) is 17.0 Å². The van der Waals surface area contributed by atoms with Gasteiger partial charge >= 0.3 is 0 Å². The number of aromatic nitrogens is 1. The van der Waals surface area contributed by atoms with Crippen LogP contribution in [0.5, 0.6) is 5.75 Å². The SMILES string of the molecule is CCOc1ccc(-c2csc(NC(=O)C(C)Sc3cccc(NC(=O)/C(=C/c4ccccc4C)NC(=O)c4ccccc4)c3)n2)cc1. The number of carbonyl (C=O) groups excluding carboxylic acids is 3. The lowest BCUT2D eigenvalue weighted by molar-refractivity contribution is -0.115. The highest BCUT2D eigenvalue weighted by Crippen LogP contribution is 2.29.